The molecule has 0 radical (unpaired) electrons. The van der Waals surface area contributed by atoms with Crippen molar-refractivity contribution in [2.45, 2.75) is 96.2 Å². The molecule has 0 spiro atoms. The Kier molecular flexibility index (Phi) is 10.5. The van der Waals surface area contributed by atoms with Crippen LogP contribution in [0.3, 0.4) is 0 Å². The molecular formula is C37H51N3O6. The van der Waals surface area contributed by atoms with Crippen molar-refractivity contribution in [2.75, 3.05) is 32.8 Å². The molecule has 9 heteroatoms. The molecule has 2 fully saturated rings. The van der Waals surface area contributed by atoms with E-state index >= 15 is 0 Å². The number of aliphatic hydroxyl groups is 1. The van der Waals surface area contributed by atoms with Crippen LogP contribution in [0.5, 0.6) is 0 Å². The van der Waals surface area contributed by atoms with Crippen LogP contribution in [-0.2, 0) is 14.3 Å². The summed E-state index contributed by atoms with van der Waals surface area (Å²) in [7, 11) is 0. The highest BCUT2D eigenvalue weighted by molar-refractivity contribution is 6.32. The minimum absolute atomic E-state index is 0.0609. The second kappa shape index (κ2) is 14.2. The number of fused-ring (bicyclic) bond motifs is 2. The molecule has 3 unspecified atom stereocenters. The number of benzene rings is 1. The van der Waals surface area contributed by atoms with Crippen LogP contribution in [0.25, 0.3) is 0 Å². The average Bonchev–Trinajstić information content (AvgIpc) is 3.77. The van der Waals surface area contributed by atoms with Crippen molar-refractivity contribution in [3.8, 4) is 0 Å². The molecule has 0 bridgehead atoms. The third kappa shape index (κ3) is 6.21. The van der Waals surface area contributed by atoms with E-state index in [1.807, 2.05) is 19.9 Å². The molecule has 1 saturated heterocycles. The molecule has 0 aromatic heterocycles. The van der Waals surface area contributed by atoms with E-state index in [2.05, 4.69) is 23.6 Å². The van der Waals surface area contributed by atoms with Gasteiger partial charge in [0.25, 0.3) is 5.60 Å². The van der Waals surface area contributed by atoms with Crippen molar-refractivity contribution in [3.63, 3.8) is 0 Å². The van der Waals surface area contributed by atoms with Gasteiger partial charge in [0.05, 0.1) is 19.0 Å². The van der Waals surface area contributed by atoms with Crippen LogP contribution < -0.4 is 16.4 Å². The van der Waals surface area contributed by atoms with Crippen molar-refractivity contribution >= 4 is 17.5 Å². The second-order valence-corrected chi connectivity index (χ2v) is 13.6. The summed E-state index contributed by atoms with van der Waals surface area (Å²) in [5.41, 5.74) is 5.37. The predicted molar refractivity (Wildman–Crippen MR) is 177 cm³/mol. The summed E-state index contributed by atoms with van der Waals surface area (Å²) in [6.45, 7) is 8.08. The molecule has 2 heterocycles. The van der Waals surface area contributed by atoms with Gasteiger partial charge in [0.15, 0.2) is 11.4 Å². The Morgan fingerprint density at radius 2 is 1.83 bits per heavy atom. The number of ether oxygens (including phenoxy) is 2. The predicted octanol–water partition coefficient (Wildman–Crippen LogP) is 4.90. The van der Waals surface area contributed by atoms with Crippen LogP contribution >= 0.6 is 0 Å². The van der Waals surface area contributed by atoms with E-state index in [4.69, 9.17) is 15.2 Å². The summed E-state index contributed by atoms with van der Waals surface area (Å²) in [5, 5.41) is 17.2. The van der Waals surface area contributed by atoms with Crippen LogP contribution in [-0.4, -0.2) is 66.7 Å². The highest BCUT2D eigenvalue weighted by atomic mass is 16.7. The molecule has 5 N–H and O–H groups in total. The van der Waals surface area contributed by atoms with Crippen molar-refractivity contribution in [3.05, 3.63) is 70.1 Å². The maximum atomic E-state index is 14.2. The molecule has 9 nitrogen and oxygen atoms in total. The fraction of sp³-hybridized carbons (Fsp3) is 0.595. The topological polar surface area (TPSA) is 143 Å². The molecule has 1 aromatic carbocycles. The lowest BCUT2D eigenvalue weighted by molar-refractivity contribution is -0.149. The molecule has 3 atom stereocenters. The van der Waals surface area contributed by atoms with Crippen molar-refractivity contribution in [1.29, 1.82) is 0 Å². The lowest BCUT2D eigenvalue weighted by atomic mass is 9.64. The SMILES string of the molecule is CCCCC(CNCC)COC(=O)C12OC1(CC(CO)=C(C)CC1(C3=CCNC(N)=C3)CCCCC1)C(=O)c1ccccc1C2=O. The van der Waals surface area contributed by atoms with Crippen LogP contribution in [0.4, 0.5) is 0 Å². The summed E-state index contributed by atoms with van der Waals surface area (Å²) >= 11 is 0. The van der Waals surface area contributed by atoms with Gasteiger partial charge in [0, 0.05) is 36.6 Å². The van der Waals surface area contributed by atoms with Gasteiger partial charge in [-0.2, -0.15) is 0 Å². The quantitative estimate of drug-likeness (QED) is 0.0918. The van der Waals surface area contributed by atoms with Gasteiger partial charge in [-0.3, -0.25) is 9.59 Å². The maximum Gasteiger partial charge on any atom is 0.350 e. The number of aliphatic hydroxyl groups excluding tert-OH is 1. The fourth-order valence-electron chi connectivity index (χ4n) is 7.88. The van der Waals surface area contributed by atoms with Crippen molar-refractivity contribution < 1.29 is 29.0 Å². The van der Waals surface area contributed by atoms with Gasteiger partial charge in [0.1, 0.15) is 0 Å². The van der Waals surface area contributed by atoms with Gasteiger partial charge >= 0.3 is 5.97 Å². The van der Waals surface area contributed by atoms with E-state index in [0.29, 0.717) is 30.9 Å². The Morgan fingerprint density at radius 3 is 2.48 bits per heavy atom. The molecule has 1 saturated carbocycles. The van der Waals surface area contributed by atoms with Gasteiger partial charge in [-0.1, -0.05) is 81.9 Å². The van der Waals surface area contributed by atoms with E-state index in [0.717, 1.165) is 57.1 Å². The van der Waals surface area contributed by atoms with Gasteiger partial charge in [-0.05, 0) is 61.8 Å². The summed E-state index contributed by atoms with van der Waals surface area (Å²) in [5.74, 6) is -1.07. The lowest BCUT2D eigenvalue weighted by Crippen LogP contribution is -2.51. The monoisotopic (exact) mass is 633 g/mol. The summed E-state index contributed by atoms with van der Waals surface area (Å²) in [4.78, 5) is 42.3. The minimum atomic E-state index is -2.07. The molecule has 1 aromatic rings. The number of dihydropyridines is 1. The van der Waals surface area contributed by atoms with E-state index in [9.17, 15) is 19.5 Å². The molecule has 46 heavy (non-hydrogen) atoms. The standard InChI is InChI=1S/C37H51N3O6/c1-4-6-12-26(22-39-5-2)24-45-34(44)37-33(43)30-14-9-8-13-29(30)32(42)36(37,46-37)21-27(23-41)25(3)20-35(16-10-7-11-17-35)28-15-18-40-31(38)19-28/h8-9,13-15,19,26,39-41H,4-7,10-12,16-18,20-24,38H2,1-3H3. The number of carbonyl (C=O) groups excluding carboxylic acids is 3. The molecular weight excluding hydrogens is 582 g/mol. The lowest BCUT2D eigenvalue weighted by Gasteiger charge is -2.41. The summed E-state index contributed by atoms with van der Waals surface area (Å²) in [6, 6.07) is 6.56. The number of epoxide rings is 1. The highest BCUT2D eigenvalue weighted by Gasteiger charge is 2.85. The number of Topliss-reactive ketones (excluding diaryl/α,β-unsaturated/α-hetero) is 2. The zero-order valence-electron chi connectivity index (χ0n) is 27.7. The fourth-order valence-corrected chi connectivity index (χ4v) is 7.88. The average molecular weight is 634 g/mol. The normalized spacial score (nSPS) is 26.1. The molecule has 0 amide bonds. The van der Waals surface area contributed by atoms with Crippen molar-refractivity contribution in [2.24, 2.45) is 17.1 Å². The first-order valence-corrected chi connectivity index (χ1v) is 17.1. The first-order valence-electron chi connectivity index (χ1n) is 17.1. The van der Waals surface area contributed by atoms with Gasteiger partial charge < -0.3 is 30.9 Å². The number of hydrogen-bond donors (Lipinski definition) is 4. The van der Waals surface area contributed by atoms with E-state index < -0.39 is 28.7 Å². The van der Waals surface area contributed by atoms with Gasteiger partial charge in [-0.15, -0.1) is 0 Å². The first kappa shape index (κ1) is 34.1. The Hall–Kier alpha value is -3.27. The highest BCUT2D eigenvalue weighted by Crippen LogP contribution is 2.60. The van der Waals surface area contributed by atoms with E-state index in [1.54, 1.807) is 24.3 Å². The summed E-state index contributed by atoms with van der Waals surface area (Å²) in [6.07, 6.45) is 13.1. The van der Waals surface area contributed by atoms with Crippen LogP contribution in [0, 0.1) is 11.3 Å². The second-order valence-electron chi connectivity index (χ2n) is 13.6. The molecule has 250 valence electrons. The van der Waals surface area contributed by atoms with Crippen molar-refractivity contribution in [1.82, 2.24) is 10.6 Å². The van der Waals surface area contributed by atoms with Gasteiger partial charge in [-0.25, -0.2) is 4.79 Å². The number of ketones is 2. The minimum Gasteiger partial charge on any atom is -0.463 e. The number of allylic oxidation sites excluding steroid dienone is 3. The first-order chi connectivity index (χ1) is 22.2. The maximum absolute atomic E-state index is 14.2. The third-order valence-corrected chi connectivity index (χ3v) is 10.6. The Morgan fingerprint density at radius 1 is 1.11 bits per heavy atom. The number of hydrogen-bond acceptors (Lipinski definition) is 9. The van der Waals surface area contributed by atoms with E-state index in [-0.39, 0.29) is 42.1 Å². The molecule has 4 aliphatic rings. The Balaban J connectivity index is 1.47. The summed E-state index contributed by atoms with van der Waals surface area (Å²) < 4.78 is 12.0. The molecule has 5 rings (SSSR count). The van der Waals surface area contributed by atoms with Crippen LogP contribution in [0.15, 0.2) is 59.0 Å². The van der Waals surface area contributed by atoms with E-state index in [1.165, 1.54) is 12.0 Å². The number of nitrogens with one attached hydrogen (secondary N) is 2. The Labute approximate surface area is 273 Å². The smallest absolute Gasteiger partial charge is 0.350 e. The zero-order valence-corrected chi connectivity index (χ0v) is 27.7. The number of esters is 1. The third-order valence-electron chi connectivity index (χ3n) is 10.6. The van der Waals surface area contributed by atoms with Crippen LogP contribution in [0.2, 0.25) is 0 Å². The zero-order chi connectivity index (χ0) is 33.0. The number of rotatable bonds is 15. The van der Waals surface area contributed by atoms with Crippen LogP contribution in [0.1, 0.15) is 106 Å². The number of carbonyl (C=O) groups is 3. The van der Waals surface area contributed by atoms with Gasteiger partial charge in [0.2, 0.25) is 5.78 Å². The number of nitrogens with two attached hydrogens (primary N) is 1. The molecule has 2 aliphatic heterocycles. The number of unbranched alkanes of at least 4 members (excludes halogenated alkanes) is 1. The molecule has 2 aliphatic carbocycles. The largest absolute Gasteiger partial charge is 0.463 e. The Bertz CT molecular complexity index is 1420.